The zero-order valence-corrected chi connectivity index (χ0v) is 12.8. The molecule has 1 aliphatic heterocycles. The Hall–Kier alpha value is -2.14. The van der Waals surface area contributed by atoms with Crippen LogP contribution in [0.3, 0.4) is 0 Å². The highest BCUT2D eigenvalue weighted by Gasteiger charge is 2.35. The van der Waals surface area contributed by atoms with Gasteiger partial charge in [0, 0.05) is 37.1 Å². The number of benzene rings is 1. The number of aliphatic hydroxyl groups excluding tert-OH is 1. The molecule has 116 valence electrons. The molecule has 3 rings (SSSR count). The van der Waals surface area contributed by atoms with Gasteiger partial charge < -0.3 is 14.5 Å². The minimum absolute atomic E-state index is 0.0123. The number of amides is 1. The van der Waals surface area contributed by atoms with Crippen molar-refractivity contribution in [1.82, 2.24) is 10.1 Å². The van der Waals surface area contributed by atoms with Crippen LogP contribution in [0.1, 0.15) is 27.4 Å². The molecule has 0 aliphatic carbocycles. The first-order chi connectivity index (χ1) is 10.5. The summed E-state index contributed by atoms with van der Waals surface area (Å²) in [7, 11) is 0. The normalized spacial score (nSPS) is 21.3. The molecule has 0 radical (unpaired) electrons. The molecule has 22 heavy (non-hydrogen) atoms. The van der Waals surface area contributed by atoms with E-state index in [-0.39, 0.29) is 11.8 Å². The molecule has 1 aliphatic rings. The van der Waals surface area contributed by atoms with Gasteiger partial charge in [0.25, 0.3) is 5.91 Å². The van der Waals surface area contributed by atoms with Crippen LogP contribution < -0.4 is 0 Å². The molecule has 1 amide bonds. The van der Waals surface area contributed by atoms with E-state index in [2.05, 4.69) is 5.16 Å². The molecule has 0 bridgehead atoms. The highest BCUT2D eigenvalue weighted by molar-refractivity contribution is 5.94. The van der Waals surface area contributed by atoms with Crippen LogP contribution >= 0.6 is 0 Å². The van der Waals surface area contributed by atoms with Crippen LogP contribution in [0.15, 0.2) is 34.9 Å². The summed E-state index contributed by atoms with van der Waals surface area (Å²) in [4.78, 5) is 14.2. The number of aliphatic hydroxyl groups is 1. The minimum Gasteiger partial charge on any atom is -0.391 e. The van der Waals surface area contributed by atoms with E-state index in [9.17, 15) is 9.90 Å². The van der Waals surface area contributed by atoms with Crippen molar-refractivity contribution in [3.8, 4) is 0 Å². The molecular formula is C17H20N2O3. The fourth-order valence-corrected chi connectivity index (χ4v) is 2.87. The van der Waals surface area contributed by atoms with E-state index >= 15 is 0 Å². The van der Waals surface area contributed by atoms with Crippen LogP contribution in [0.4, 0.5) is 0 Å². The van der Waals surface area contributed by atoms with Crippen LogP contribution in [-0.4, -0.2) is 40.3 Å². The Bertz CT molecular complexity index is 663. The van der Waals surface area contributed by atoms with Crippen molar-refractivity contribution in [3.05, 3.63) is 52.9 Å². The number of nitrogens with zero attached hydrogens (tertiary/aromatic N) is 2. The van der Waals surface area contributed by atoms with Gasteiger partial charge in [0.05, 0.1) is 11.8 Å². The Kier molecular flexibility index (Phi) is 3.98. The monoisotopic (exact) mass is 300 g/mol. The first-order valence-corrected chi connectivity index (χ1v) is 7.49. The Morgan fingerprint density at radius 3 is 2.68 bits per heavy atom. The summed E-state index contributed by atoms with van der Waals surface area (Å²) in [6.45, 7) is 4.76. The maximum atomic E-state index is 12.5. The zero-order chi connectivity index (χ0) is 15.7. The van der Waals surface area contributed by atoms with E-state index in [1.165, 1.54) is 0 Å². The van der Waals surface area contributed by atoms with Crippen molar-refractivity contribution in [2.75, 3.05) is 13.1 Å². The van der Waals surface area contributed by atoms with Crippen LogP contribution in [0.25, 0.3) is 0 Å². The van der Waals surface area contributed by atoms with Gasteiger partial charge in [-0.2, -0.15) is 0 Å². The van der Waals surface area contributed by atoms with Crippen LogP contribution in [0.5, 0.6) is 0 Å². The molecule has 1 N–H and O–H groups in total. The van der Waals surface area contributed by atoms with E-state index in [4.69, 9.17) is 4.52 Å². The standard InChI is InChI=1S/C17H20N2O3/c1-11-3-5-13(6-4-11)17(21)19-9-14(16(20)10-19)8-15-7-12(2)18-22-15/h3-7,14,16,20H,8-10H2,1-2H3/t14-,16-/m1/s1. The number of β-amino-alcohol motifs (C(OH)–C–C–N with tert-alkyl or cyclic N) is 1. The molecule has 2 atom stereocenters. The van der Waals surface area contributed by atoms with Crippen molar-refractivity contribution in [1.29, 1.82) is 0 Å². The molecule has 0 unspecified atom stereocenters. The second kappa shape index (κ2) is 5.93. The third-order valence-corrected chi connectivity index (χ3v) is 4.13. The highest BCUT2D eigenvalue weighted by atomic mass is 16.5. The lowest BCUT2D eigenvalue weighted by Crippen LogP contribution is -2.29. The molecule has 2 aromatic rings. The molecule has 5 nitrogen and oxygen atoms in total. The van der Waals surface area contributed by atoms with Crippen molar-refractivity contribution in [2.45, 2.75) is 26.4 Å². The molecule has 1 aromatic carbocycles. The van der Waals surface area contributed by atoms with Crippen molar-refractivity contribution < 1.29 is 14.4 Å². The average Bonchev–Trinajstić information content (AvgIpc) is 3.06. The van der Waals surface area contributed by atoms with Gasteiger partial charge in [-0.3, -0.25) is 4.79 Å². The van der Waals surface area contributed by atoms with E-state index < -0.39 is 6.10 Å². The van der Waals surface area contributed by atoms with Crippen molar-refractivity contribution in [2.24, 2.45) is 5.92 Å². The summed E-state index contributed by atoms with van der Waals surface area (Å²) in [6, 6.07) is 9.38. The number of hydrogen-bond acceptors (Lipinski definition) is 4. The average molecular weight is 300 g/mol. The van der Waals surface area contributed by atoms with Gasteiger partial charge in [0.2, 0.25) is 0 Å². The SMILES string of the molecule is Cc1ccc(C(=O)N2C[C@@H](Cc3cc(C)no3)[C@H](O)C2)cc1. The van der Waals surface area contributed by atoms with Gasteiger partial charge in [0.1, 0.15) is 5.76 Å². The first-order valence-electron chi connectivity index (χ1n) is 7.49. The number of carbonyl (C=O) groups is 1. The number of likely N-dealkylation sites (tertiary alicyclic amines) is 1. The van der Waals surface area contributed by atoms with Gasteiger partial charge in [-0.05, 0) is 26.0 Å². The van der Waals surface area contributed by atoms with E-state index in [1.54, 1.807) is 4.90 Å². The van der Waals surface area contributed by atoms with E-state index in [0.717, 1.165) is 17.0 Å². The van der Waals surface area contributed by atoms with E-state index in [0.29, 0.717) is 25.1 Å². The predicted molar refractivity (Wildman–Crippen MR) is 81.5 cm³/mol. The smallest absolute Gasteiger partial charge is 0.253 e. The van der Waals surface area contributed by atoms with Crippen LogP contribution in [-0.2, 0) is 6.42 Å². The molecule has 1 saturated heterocycles. The summed E-state index contributed by atoms with van der Waals surface area (Å²) in [6.07, 6.45) is 0.0690. The van der Waals surface area contributed by atoms with Crippen molar-refractivity contribution >= 4 is 5.91 Å². The largest absolute Gasteiger partial charge is 0.391 e. The van der Waals surface area contributed by atoms with Gasteiger partial charge in [-0.1, -0.05) is 22.9 Å². The first kappa shape index (κ1) is 14.8. The molecule has 1 aromatic heterocycles. The summed E-state index contributed by atoms with van der Waals surface area (Å²) >= 11 is 0. The van der Waals surface area contributed by atoms with Gasteiger partial charge in [-0.15, -0.1) is 0 Å². The summed E-state index contributed by atoms with van der Waals surface area (Å²) < 4.78 is 5.20. The Morgan fingerprint density at radius 2 is 2.05 bits per heavy atom. The van der Waals surface area contributed by atoms with Gasteiger partial charge >= 0.3 is 0 Å². The number of rotatable bonds is 3. The quantitative estimate of drug-likeness (QED) is 0.941. The molecule has 5 heteroatoms. The highest BCUT2D eigenvalue weighted by Crippen LogP contribution is 2.23. The summed E-state index contributed by atoms with van der Waals surface area (Å²) in [5.41, 5.74) is 2.61. The fourth-order valence-electron chi connectivity index (χ4n) is 2.87. The lowest BCUT2D eigenvalue weighted by molar-refractivity contribution is 0.0764. The second-order valence-electron chi connectivity index (χ2n) is 6.04. The molecular weight excluding hydrogens is 280 g/mol. The van der Waals surface area contributed by atoms with Crippen LogP contribution in [0.2, 0.25) is 0 Å². The molecule has 0 saturated carbocycles. The Balaban J connectivity index is 1.67. The maximum Gasteiger partial charge on any atom is 0.253 e. The molecule has 0 spiro atoms. The number of hydrogen-bond donors (Lipinski definition) is 1. The molecule has 1 fully saturated rings. The number of aryl methyl sites for hydroxylation is 2. The van der Waals surface area contributed by atoms with Crippen LogP contribution in [0, 0.1) is 19.8 Å². The predicted octanol–water partition coefficient (Wildman–Crippen LogP) is 1.97. The van der Waals surface area contributed by atoms with Gasteiger partial charge in [0.15, 0.2) is 0 Å². The fraction of sp³-hybridized carbons (Fsp3) is 0.412. The summed E-state index contributed by atoms with van der Waals surface area (Å²) in [5.74, 6) is 0.711. The summed E-state index contributed by atoms with van der Waals surface area (Å²) in [5, 5.41) is 14.1. The number of carbonyl (C=O) groups excluding carboxylic acids is 1. The lowest BCUT2D eigenvalue weighted by atomic mass is 10.0. The molecule has 2 heterocycles. The lowest BCUT2D eigenvalue weighted by Gasteiger charge is -2.16. The zero-order valence-electron chi connectivity index (χ0n) is 12.8. The van der Waals surface area contributed by atoms with Crippen molar-refractivity contribution in [3.63, 3.8) is 0 Å². The maximum absolute atomic E-state index is 12.5. The second-order valence-corrected chi connectivity index (χ2v) is 6.04. The Labute approximate surface area is 129 Å². The van der Waals surface area contributed by atoms with E-state index in [1.807, 2.05) is 44.2 Å². The Morgan fingerprint density at radius 1 is 1.32 bits per heavy atom. The third kappa shape index (κ3) is 3.04. The topological polar surface area (TPSA) is 66.6 Å². The minimum atomic E-state index is -0.528. The van der Waals surface area contributed by atoms with Gasteiger partial charge in [-0.25, -0.2) is 0 Å². The third-order valence-electron chi connectivity index (χ3n) is 4.13. The number of aromatic nitrogens is 1.